The van der Waals surface area contributed by atoms with E-state index < -0.39 is 39.5 Å². The summed E-state index contributed by atoms with van der Waals surface area (Å²) in [7, 11) is -3.51. The predicted molar refractivity (Wildman–Crippen MR) is 165 cm³/mol. The summed E-state index contributed by atoms with van der Waals surface area (Å²) in [5.41, 5.74) is 0.557. The maximum Gasteiger partial charge on any atom is 0.289 e. The van der Waals surface area contributed by atoms with Crippen molar-refractivity contribution in [1.82, 2.24) is 15.5 Å². The van der Waals surface area contributed by atoms with E-state index in [2.05, 4.69) is 31.1 Å². The Hall–Kier alpha value is -3.01. The number of hydrogen-bond acceptors (Lipinski definition) is 6. The van der Waals surface area contributed by atoms with Crippen LogP contribution in [0.3, 0.4) is 0 Å². The standard InChI is InChI=1S/C33H47N3O6S/c1-5-6-17-26(29(37)31(39)34-18-19-43(41,42)21-23-13-9-7-10-14-23)35-30(38)28-27-25(33(27,3)4)20-36(28)32(40)22(2)24-15-11-8-12-16-24/h5,7,9-10,13-14,22,24-28H,1,6,8,11-12,15-21H2,2-4H3,(H,34,39)(H,35,38)/t22-,25-,26?,27-,28-/m0/s1. The van der Waals surface area contributed by atoms with Crippen molar-refractivity contribution in [1.29, 1.82) is 0 Å². The van der Waals surface area contributed by atoms with Gasteiger partial charge < -0.3 is 15.5 Å². The van der Waals surface area contributed by atoms with Gasteiger partial charge in [-0.3, -0.25) is 19.2 Å². The number of fused-ring (bicyclic) bond motifs is 1. The fourth-order valence-corrected chi connectivity index (χ4v) is 8.44. The summed E-state index contributed by atoms with van der Waals surface area (Å²) in [5.74, 6) is -2.32. The number of allylic oxidation sites excluding steroid dienone is 1. The van der Waals surface area contributed by atoms with Crippen molar-refractivity contribution in [3.8, 4) is 0 Å². The van der Waals surface area contributed by atoms with Gasteiger partial charge in [0.25, 0.3) is 5.91 Å². The molecule has 1 aromatic carbocycles. The van der Waals surface area contributed by atoms with E-state index >= 15 is 0 Å². The fraction of sp³-hybridized carbons (Fsp3) is 0.636. The largest absolute Gasteiger partial charge is 0.348 e. The van der Waals surface area contributed by atoms with Crippen LogP contribution < -0.4 is 10.6 Å². The molecule has 10 heteroatoms. The highest BCUT2D eigenvalue weighted by molar-refractivity contribution is 7.90. The van der Waals surface area contributed by atoms with Crippen LogP contribution in [0.4, 0.5) is 0 Å². The highest BCUT2D eigenvalue weighted by Gasteiger charge is 2.69. The highest BCUT2D eigenvalue weighted by atomic mass is 32.2. The van der Waals surface area contributed by atoms with Crippen LogP contribution in [0.25, 0.3) is 0 Å². The first-order valence-electron chi connectivity index (χ1n) is 15.7. The van der Waals surface area contributed by atoms with Crippen LogP contribution >= 0.6 is 0 Å². The zero-order valence-corrected chi connectivity index (χ0v) is 26.5. The lowest BCUT2D eigenvalue weighted by Gasteiger charge is -2.35. The summed E-state index contributed by atoms with van der Waals surface area (Å²) in [6.45, 7) is 10.2. The summed E-state index contributed by atoms with van der Waals surface area (Å²) in [4.78, 5) is 55.3. The second kappa shape index (κ2) is 13.7. The van der Waals surface area contributed by atoms with Gasteiger partial charge in [-0.2, -0.15) is 0 Å². The fourth-order valence-electron chi connectivity index (χ4n) is 7.19. The number of carbonyl (C=O) groups excluding carboxylic acids is 4. The molecule has 1 aliphatic heterocycles. The quantitative estimate of drug-likeness (QED) is 0.244. The molecule has 2 saturated carbocycles. The molecule has 3 aliphatic rings. The number of likely N-dealkylation sites (tertiary alicyclic amines) is 1. The third-order valence-corrected chi connectivity index (χ3v) is 11.6. The topological polar surface area (TPSA) is 130 Å². The second-order valence-electron chi connectivity index (χ2n) is 13.2. The van der Waals surface area contributed by atoms with Gasteiger partial charge in [0.15, 0.2) is 9.84 Å². The molecule has 1 heterocycles. The van der Waals surface area contributed by atoms with Crippen molar-refractivity contribution in [3.63, 3.8) is 0 Å². The van der Waals surface area contributed by atoms with E-state index in [9.17, 15) is 27.6 Å². The maximum absolute atomic E-state index is 13.8. The van der Waals surface area contributed by atoms with Crippen molar-refractivity contribution < 1.29 is 27.6 Å². The number of carbonyl (C=O) groups is 4. The Morgan fingerprint density at radius 1 is 1.09 bits per heavy atom. The number of amides is 3. The number of benzene rings is 1. The van der Waals surface area contributed by atoms with Gasteiger partial charge in [0.1, 0.15) is 6.04 Å². The van der Waals surface area contributed by atoms with E-state index in [4.69, 9.17) is 0 Å². The van der Waals surface area contributed by atoms with Crippen LogP contribution in [0.2, 0.25) is 0 Å². The van der Waals surface area contributed by atoms with E-state index in [-0.39, 0.29) is 53.5 Å². The molecule has 2 aliphatic carbocycles. The Balaban J connectivity index is 1.39. The molecule has 0 aromatic heterocycles. The lowest BCUT2D eigenvalue weighted by Crippen LogP contribution is -2.56. The number of rotatable bonds is 14. The van der Waals surface area contributed by atoms with Crippen molar-refractivity contribution >= 4 is 33.3 Å². The molecule has 2 N–H and O–H groups in total. The highest BCUT2D eigenvalue weighted by Crippen LogP contribution is 2.65. The molecule has 0 radical (unpaired) electrons. The van der Waals surface area contributed by atoms with Crippen molar-refractivity contribution in [2.45, 2.75) is 83.6 Å². The van der Waals surface area contributed by atoms with Crippen molar-refractivity contribution in [3.05, 3.63) is 48.6 Å². The van der Waals surface area contributed by atoms with Crippen LogP contribution in [-0.4, -0.2) is 67.7 Å². The van der Waals surface area contributed by atoms with Crippen LogP contribution in [0.1, 0.15) is 71.3 Å². The summed E-state index contributed by atoms with van der Waals surface area (Å²) >= 11 is 0. The molecule has 5 atom stereocenters. The zero-order valence-electron chi connectivity index (χ0n) is 25.7. The van der Waals surface area contributed by atoms with Gasteiger partial charge in [0, 0.05) is 19.0 Å². The van der Waals surface area contributed by atoms with Crippen LogP contribution in [0.5, 0.6) is 0 Å². The van der Waals surface area contributed by atoms with Gasteiger partial charge >= 0.3 is 0 Å². The van der Waals surface area contributed by atoms with Crippen molar-refractivity contribution in [2.75, 3.05) is 18.8 Å². The third kappa shape index (κ3) is 7.75. The monoisotopic (exact) mass is 613 g/mol. The van der Waals surface area contributed by atoms with Crippen molar-refractivity contribution in [2.24, 2.45) is 29.1 Å². The Morgan fingerprint density at radius 3 is 2.42 bits per heavy atom. The molecule has 1 saturated heterocycles. The smallest absolute Gasteiger partial charge is 0.289 e. The van der Waals surface area contributed by atoms with Gasteiger partial charge in [0.2, 0.25) is 17.6 Å². The molecule has 0 spiro atoms. The number of sulfone groups is 1. The van der Waals surface area contributed by atoms with E-state index in [1.54, 1.807) is 41.3 Å². The van der Waals surface area contributed by atoms with Gasteiger partial charge in [-0.25, -0.2) is 8.42 Å². The minimum Gasteiger partial charge on any atom is -0.348 e. The van der Waals surface area contributed by atoms with Gasteiger partial charge in [0.05, 0.1) is 17.5 Å². The summed E-state index contributed by atoms with van der Waals surface area (Å²) in [6.07, 6.45) is 7.66. The number of nitrogens with one attached hydrogen (secondary N) is 2. The van der Waals surface area contributed by atoms with E-state index in [1.807, 2.05) is 6.92 Å². The van der Waals surface area contributed by atoms with Gasteiger partial charge in [-0.15, -0.1) is 6.58 Å². The summed E-state index contributed by atoms with van der Waals surface area (Å²) < 4.78 is 25.0. The Bertz CT molecular complexity index is 1300. The SMILES string of the molecule is C=CCCC(NC(=O)[C@@H]1[C@@H]2[C@H](CN1C(=O)[C@@H](C)C1CCCCC1)C2(C)C)C(=O)C(=O)NCCS(=O)(=O)Cc1ccccc1. The predicted octanol–water partition coefficient (Wildman–Crippen LogP) is 3.44. The molecular formula is C33H47N3O6S. The average Bonchev–Trinajstić information content (AvgIpc) is 3.30. The average molecular weight is 614 g/mol. The molecule has 1 unspecified atom stereocenters. The Labute approximate surface area is 256 Å². The molecule has 3 fully saturated rings. The van der Waals surface area contributed by atoms with Crippen LogP contribution in [0, 0.1) is 29.1 Å². The third-order valence-electron chi connectivity index (χ3n) is 9.95. The number of hydrogen-bond donors (Lipinski definition) is 2. The lowest BCUT2D eigenvalue weighted by atomic mass is 9.80. The minimum atomic E-state index is -3.51. The maximum atomic E-state index is 13.8. The minimum absolute atomic E-state index is 0.00141. The Kier molecular flexibility index (Phi) is 10.5. The summed E-state index contributed by atoms with van der Waals surface area (Å²) in [6, 6.07) is 6.94. The molecular weight excluding hydrogens is 566 g/mol. The molecule has 0 bridgehead atoms. The number of ketones is 1. The van der Waals surface area contributed by atoms with Crippen LogP contribution in [-0.2, 0) is 34.8 Å². The van der Waals surface area contributed by atoms with E-state index in [0.717, 1.165) is 25.7 Å². The Morgan fingerprint density at radius 2 is 1.77 bits per heavy atom. The molecule has 236 valence electrons. The van der Waals surface area contributed by atoms with E-state index in [0.29, 0.717) is 24.4 Å². The van der Waals surface area contributed by atoms with Crippen LogP contribution in [0.15, 0.2) is 43.0 Å². The first kappa shape index (κ1) is 32.9. The molecule has 43 heavy (non-hydrogen) atoms. The normalized spacial score (nSPS) is 24.3. The zero-order chi connectivity index (χ0) is 31.4. The van der Waals surface area contributed by atoms with Gasteiger partial charge in [-0.05, 0) is 54.4 Å². The first-order valence-corrected chi connectivity index (χ1v) is 17.5. The molecule has 3 amide bonds. The first-order chi connectivity index (χ1) is 20.4. The van der Waals surface area contributed by atoms with E-state index in [1.165, 1.54) is 6.42 Å². The second-order valence-corrected chi connectivity index (χ2v) is 15.4. The lowest BCUT2D eigenvalue weighted by molar-refractivity contribution is -0.146. The van der Waals surface area contributed by atoms with Gasteiger partial charge in [-0.1, -0.05) is 76.4 Å². The summed E-state index contributed by atoms with van der Waals surface area (Å²) in [5, 5.41) is 5.23. The number of piperidine rings is 1. The number of Topliss-reactive ketones (excluding diaryl/α,β-unsaturated/α-hetero) is 1. The molecule has 9 nitrogen and oxygen atoms in total. The molecule has 4 rings (SSSR count). The number of nitrogens with zero attached hydrogens (tertiary/aromatic N) is 1. The molecule has 1 aromatic rings.